The zero-order valence-electron chi connectivity index (χ0n) is 7.88. The summed E-state index contributed by atoms with van der Waals surface area (Å²) >= 11 is 0. The maximum atomic E-state index is 9.75. The summed E-state index contributed by atoms with van der Waals surface area (Å²) in [5, 5.41) is 18.7. The highest BCUT2D eigenvalue weighted by Crippen LogP contribution is 2.31. The van der Waals surface area contributed by atoms with Crippen molar-refractivity contribution in [1.82, 2.24) is 0 Å². The van der Waals surface area contributed by atoms with Crippen LogP contribution in [0.15, 0.2) is 11.6 Å². The maximum Gasteiger partial charge on any atom is 0.0880 e. The van der Waals surface area contributed by atoms with Crippen molar-refractivity contribution in [2.45, 2.75) is 38.7 Å². The quantitative estimate of drug-likeness (QED) is 0.616. The standard InChI is InChI=1S/C10H18O2/c1-8-3-5-9(6-4-8)10(2,12)7-11/h3,9,11-12H,4-7H2,1-2H3/t9-,10?/m0/s1. The van der Waals surface area contributed by atoms with Crippen LogP contribution in [0.1, 0.15) is 33.1 Å². The highest BCUT2D eigenvalue weighted by atomic mass is 16.3. The average molecular weight is 170 g/mol. The number of hydrogen-bond acceptors (Lipinski definition) is 2. The van der Waals surface area contributed by atoms with Gasteiger partial charge in [0.2, 0.25) is 0 Å². The van der Waals surface area contributed by atoms with Crippen molar-refractivity contribution in [3.05, 3.63) is 11.6 Å². The van der Waals surface area contributed by atoms with Gasteiger partial charge in [0.1, 0.15) is 0 Å². The normalized spacial score (nSPS) is 29.3. The Bertz CT molecular complexity index is 182. The van der Waals surface area contributed by atoms with E-state index in [9.17, 15) is 5.11 Å². The van der Waals surface area contributed by atoms with Crippen LogP contribution in [0.3, 0.4) is 0 Å². The van der Waals surface area contributed by atoms with Gasteiger partial charge in [-0.2, -0.15) is 0 Å². The van der Waals surface area contributed by atoms with Crippen molar-refractivity contribution in [2.24, 2.45) is 5.92 Å². The zero-order valence-corrected chi connectivity index (χ0v) is 7.88. The first-order valence-corrected chi connectivity index (χ1v) is 4.55. The van der Waals surface area contributed by atoms with Crippen LogP contribution < -0.4 is 0 Å². The topological polar surface area (TPSA) is 40.5 Å². The average Bonchev–Trinajstić information content (AvgIpc) is 2.05. The molecule has 12 heavy (non-hydrogen) atoms. The number of hydrogen-bond donors (Lipinski definition) is 2. The molecule has 1 rings (SSSR count). The fourth-order valence-electron chi connectivity index (χ4n) is 1.66. The first-order valence-electron chi connectivity index (χ1n) is 4.55. The van der Waals surface area contributed by atoms with Gasteiger partial charge >= 0.3 is 0 Å². The third-order valence-corrected chi connectivity index (χ3v) is 2.84. The molecule has 70 valence electrons. The summed E-state index contributed by atoms with van der Waals surface area (Å²) in [6.45, 7) is 3.70. The Morgan fingerprint density at radius 1 is 1.67 bits per heavy atom. The molecule has 2 N–H and O–H groups in total. The van der Waals surface area contributed by atoms with E-state index in [2.05, 4.69) is 13.0 Å². The molecule has 0 spiro atoms. The van der Waals surface area contributed by atoms with Crippen molar-refractivity contribution < 1.29 is 10.2 Å². The number of allylic oxidation sites excluding steroid dienone is 2. The summed E-state index contributed by atoms with van der Waals surface area (Å²) in [4.78, 5) is 0. The maximum absolute atomic E-state index is 9.75. The molecule has 0 radical (unpaired) electrons. The molecule has 1 aliphatic rings. The monoisotopic (exact) mass is 170 g/mol. The van der Waals surface area contributed by atoms with E-state index < -0.39 is 5.60 Å². The lowest BCUT2D eigenvalue weighted by atomic mass is 9.79. The van der Waals surface area contributed by atoms with Crippen molar-refractivity contribution in [3.63, 3.8) is 0 Å². The van der Waals surface area contributed by atoms with E-state index in [1.807, 2.05) is 0 Å². The third-order valence-electron chi connectivity index (χ3n) is 2.84. The summed E-state index contributed by atoms with van der Waals surface area (Å²) in [7, 11) is 0. The van der Waals surface area contributed by atoms with Crippen LogP contribution >= 0.6 is 0 Å². The Balaban J connectivity index is 2.56. The molecule has 2 nitrogen and oxygen atoms in total. The Morgan fingerprint density at radius 2 is 2.33 bits per heavy atom. The minimum atomic E-state index is -0.892. The molecular formula is C10H18O2. The second-order valence-electron chi connectivity index (χ2n) is 4.04. The largest absolute Gasteiger partial charge is 0.393 e. The summed E-state index contributed by atoms with van der Waals surface area (Å²) in [6, 6.07) is 0. The Morgan fingerprint density at radius 3 is 2.75 bits per heavy atom. The Kier molecular flexibility index (Phi) is 2.91. The lowest BCUT2D eigenvalue weighted by molar-refractivity contribution is -0.0496. The fourth-order valence-corrected chi connectivity index (χ4v) is 1.66. The van der Waals surface area contributed by atoms with Crippen LogP contribution in [-0.2, 0) is 0 Å². The molecule has 0 heterocycles. The van der Waals surface area contributed by atoms with Crippen molar-refractivity contribution in [1.29, 1.82) is 0 Å². The van der Waals surface area contributed by atoms with Gasteiger partial charge in [0.05, 0.1) is 12.2 Å². The summed E-state index contributed by atoms with van der Waals surface area (Å²) in [6.07, 6.45) is 5.12. The van der Waals surface area contributed by atoms with Crippen LogP contribution in [-0.4, -0.2) is 22.4 Å². The molecule has 0 amide bonds. The van der Waals surface area contributed by atoms with E-state index >= 15 is 0 Å². The molecule has 1 aliphatic carbocycles. The molecule has 2 atom stereocenters. The van der Waals surface area contributed by atoms with Crippen LogP contribution in [0, 0.1) is 5.92 Å². The van der Waals surface area contributed by atoms with Gasteiger partial charge in [-0.3, -0.25) is 0 Å². The highest BCUT2D eigenvalue weighted by Gasteiger charge is 2.31. The lowest BCUT2D eigenvalue weighted by Crippen LogP contribution is -2.39. The Hall–Kier alpha value is -0.340. The van der Waals surface area contributed by atoms with E-state index in [0.717, 1.165) is 19.3 Å². The molecule has 0 aromatic heterocycles. The summed E-state index contributed by atoms with van der Waals surface area (Å²) in [5.41, 5.74) is 0.511. The minimum Gasteiger partial charge on any atom is -0.393 e. The van der Waals surface area contributed by atoms with Crippen LogP contribution in [0.4, 0.5) is 0 Å². The van der Waals surface area contributed by atoms with Crippen molar-refractivity contribution in [3.8, 4) is 0 Å². The number of rotatable bonds is 2. The smallest absolute Gasteiger partial charge is 0.0880 e. The van der Waals surface area contributed by atoms with E-state index in [1.54, 1.807) is 6.92 Å². The first-order chi connectivity index (χ1) is 5.56. The van der Waals surface area contributed by atoms with E-state index in [4.69, 9.17) is 5.11 Å². The second kappa shape index (κ2) is 3.58. The first kappa shape index (κ1) is 9.75. The van der Waals surface area contributed by atoms with Crippen LogP contribution in [0.5, 0.6) is 0 Å². The number of aliphatic hydroxyl groups excluding tert-OH is 1. The second-order valence-corrected chi connectivity index (χ2v) is 4.04. The minimum absolute atomic E-state index is 0.134. The molecule has 0 saturated heterocycles. The number of aliphatic hydroxyl groups is 2. The molecule has 0 fully saturated rings. The zero-order chi connectivity index (χ0) is 9.19. The van der Waals surface area contributed by atoms with Gasteiger partial charge in [0, 0.05) is 0 Å². The lowest BCUT2D eigenvalue weighted by Gasteiger charge is -2.33. The van der Waals surface area contributed by atoms with Gasteiger partial charge in [0.25, 0.3) is 0 Å². The molecule has 2 heteroatoms. The van der Waals surface area contributed by atoms with Gasteiger partial charge in [-0.15, -0.1) is 0 Å². The van der Waals surface area contributed by atoms with Gasteiger partial charge in [-0.1, -0.05) is 11.6 Å². The molecular weight excluding hydrogens is 152 g/mol. The third kappa shape index (κ3) is 2.08. The Labute approximate surface area is 73.9 Å². The predicted octanol–water partition coefficient (Wildman–Crippen LogP) is 1.48. The van der Waals surface area contributed by atoms with Gasteiger partial charge in [-0.25, -0.2) is 0 Å². The fraction of sp³-hybridized carbons (Fsp3) is 0.800. The highest BCUT2D eigenvalue weighted by molar-refractivity contribution is 5.05. The molecule has 0 saturated carbocycles. The molecule has 0 bridgehead atoms. The van der Waals surface area contributed by atoms with Crippen molar-refractivity contribution >= 4 is 0 Å². The predicted molar refractivity (Wildman–Crippen MR) is 48.8 cm³/mol. The van der Waals surface area contributed by atoms with E-state index in [1.165, 1.54) is 5.57 Å². The van der Waals surface area contributed by atoms with Crippen molar-refractivity contribution in [2.75, 3.05) is 6.61 Å². The summed E-state index contributed by atoms with van der Waals surface area (Å²) in [5.74, 6) is 0.228. The van der Waals surface area contributed by atoms with Crippen LogP contribution in [0.25, 0.3) is 0 Å². The van der Waals surface area contributed by atoms with E-state index in [-0.39, 0.29) is 12.5 Å². The molecule has 1 unspecified atom stereocenters. The SMILES string of the molecule is CC1=CC[C@H](C(C)(O)CO)CC1. The van der Waals surface area contributed by atoms with Gasteiger partial charge < -0.3 is 10.2 Å². The van der Waals surface area contributed by atoms with E-state index in [0.29, 0.717) is 0 Å². The molecule has 0 aromatic carbocycles. The van der Waals surface area contributed by atoms with Gasteiger partial charge in [-0.05, 0) is 39.0 Å². The molecule has 0 aromatic rings. The van der Waals surface area contributed by atoms with Gasteiger partial charge in [0.15, 0.2) is 0 Å². The summed E-state index contributed by atoms with van der Waals surface area (Å²) < 4.78 is 0. The molecule has 0 aliphatic heterocycles. The van der Waals surface area contributed by atoms with Crippen LogP contribution in [0.2, 0.25) is 0 Å².